The van der Waals surface area contributed by atoms with E-state index in [0.717, 1.165) is 23.0 Å². The summed E-state index contributed by atoms with van der Waals surface area (Å²) in [5.74, 6) is -0.805. The number of hydrogen-bond donors (Lipinski definition) is 2. The van der Waals surface area contributed by atoms with Crippen LogP contribution < -0.4 is 5.32 Å². The van der Waals surface area contributed by atoms with E-state index < -0.39 is 11.4 Å². The molecule has 24 heavy (non-hydrogen) atoms. The second-order valence-electron chi connectivity index (χ2n) is 6.72. The quantitative estimate of drug-likeness (QED) is 0.886. The molecule has 2 aromatic rings. The molecular formula is C19H22N2O3. The number of fused-ring (bicyclic) bond motifs is 1. The first-order chi connectivity index (χ1) is 11.5. The lowest BCUT2D eigenvalue weighted by Crippen LogP contribution is -2.33. The highest BCUT2D eigenvalue weighted by Gasteiger charge is 2.40. The summed E-state index contributed by atoms with van der Waals surface area (Å²) in [5.41, 5.74) is 0.126. The van der Waals surface area contributed by atoms with Crippen molar-refractivity contribution in [2.75, 3.05) is 25.0 Å². The van der Waals surface area contributed by atoms with Gasteiger partial charge in [-0.25, -0.2) is 0 Å². The third-order valence-corrected chi connectivity index (χ3v) is 4.79. The van der Waals surface area contributed by atoms with Gasteiger partial charge < -0.3 is 15.3 Å². The number of benzene rings is 2. The Morgan fingerprint density at radius 1 is 1.21 bits per heavy atom. The van der Waals surface area contributed by atoms with E-state index in [4.69, 9.17) is 0 Å². The zero-order chi connectivity index (χ0) is 17.2. The predicted octanol–water partition coefficient (Wildman–Crippen LogP) is 2.97. The Morgan fingerprint density at radius 3 is 2.71 bits per heavy atom. The molecule has 1 unspecified atom stereocenters. The zero-order valence-corrected chi connectivity index (χ0v) is 13.8. The van der Waals surface area contributed by atoms with Crippen molar-refractivity contribution in [3.8, 4) is 0 Å². The van der Waals surface area contributed by atoms with E-state index in [0.29, 0.717) is 25.9 Å². The smallest absolute Gasteiger partial charge is 0.310 e. The number of hydrogen-bond acceptors (Lipinski definition) is 3. The Morgan fingerprint density at radius 2 is 1.96 bits per heavy atom. The van der Waals surface area contributed by atoms with E-state index in [9.17, 15) is 14.7 Å². The number of carboxylic acid groups (broad SMARTS) is 1. The highest BCUT2D eigenvalue weighted by atomic mass is 16.4. The van der Waals surface area contributed by atoms with Crippen LogP contribution in [0, 0.1) is 5.41 Å². The van der Waals surface area contributed by atoms with E-state index >= 15 is 0 Å². The first-order valence-corrected chi connectivity index (χ1v) is 8.21. The SMILES string of the molecule is CC1(C(=O)O)CCN(CCC(=O)Nc2cccc3ccccc23)C1. The Balaban J connectivity index is 1.58. The minimum Gasteiger partial charge on any atom is -0.481 e. The van der Waals surface area contributed by atoms with Crippen molar-refractivity contribution in [3.05, 3.63) is 42.5 Å². The minimum absolute atomic E-state index is 0.0460. The van der Waals surface area contributed by atoms with Gasteiger partial charge >= 0.3 is 5.97 Å². The summed E-state index contributed by atoms with van der Waals surface area (Å²) in [7, 11) is 0. The maximum Gasteiger partial charge on any atom is 0.310 e. The highest BCUT2D eigenvalue weighted by molar-refractivity contribution is 6.02. The molecule has 1 aliphatic heterocycles. The van der Waals surface area contributed by atoms with Gasteiger partial charge in [0.25, 0.3) is 0 Å². The molecule has 0 bridgehead atoms. The van der Waals surface area contributed by atoms with Gasteiger partial charge in [0.1, 0.15) is 0 Å². The molecule has 1 aliphatic rings. The van der Waals surface area contributed by atoms with Crippen LogP contribution in [0.2, 0.25) is 0 Å². The lowest BCUT2D eigenvalue weighted by Gasteiger charge is -2.19. The summed E-state index contributed by atoms with van der Waals surface area (Å²) in [6, 6.07) is 13.8. The van der Waals surface area contributed by atoms with Crippen molar-refractivity contribution >= 4 is 28.3 Å². The molecule has 2 aromatic carbocycles. The highest BCUT2D eigenvalue weighted by Crippen LogP contribution is 2.30. The molecule has 1 atom stereocenters. The van der Waals surface area contributed by atoms with Crippen LogP contribution in [0.1, 0.15) is 19.8 Å². The van der Waals surface area contributed by atoms with Crippen molar-refractivity contribution in [3.63, 3.8) is 0 Å². The Bertz CT molecular complexity index is 769. The maximum atomic E-state index is 12.3. The lowest BCUT2D eigenvalue weighted by molar-refractivity contribution is -0.147. The second kappa shape index (κ2) is 6.61. The number of carbonyl (C=O) groups excluding carboxylic acids is 1. The summed E-state index contributed by atoms with van der Waals surface area (Å²) in [6.45, 7) is 3.58. The van der Waals surface area contributed by atoms with E-state index in [1.807, 2.05) is 42.5 Å². The number of carboxylic acids is 1. The van der Waals surface area contributed by atoms with Crippen LogP contribution in [0.5, 0.6) is 0 Å². The molecule has 1 amide bonds. The second-order valence-corrected chi connectivity index (χ2v) is 6.72. The summed E-state index contributed by atoms with van der Waals surface area (Å²) in [6.07, 6.45) is 0.992. The first kappa shape index (κ1) is 16.5. The number of amides is 1. The maximum absolute atomic E-state index is 12.3. The van der Waals surface area contributed by atoms with Crippen molar-refractivity contribution in [2.45, 2.75) is 19.8 Å². The van der Waals surface area contributed by atoms with Gasteiger partial charge in [-0.05, 0) is 31.3 Å². The monoisotopic (exact) mass is 326 g/mol. The minimum atomic E-state index is -0.759. The fourth-order valence-electron chi connectivity index (χ4n) is 3.23. The summed E-state index contributed by atoms with van der Waals surface area (Å²) >= 11 is 0. The molecule has 0 spiro atoms. The molecule has 1 heterocycles. The van der Waals surface area contributed by atoms with Crippen molar-refractivity contribution in [1.29, 1.82) is 0 Å². The number of nitrogens with one attached hydrogen (secondary N) is 1. The Kier molecular flexibility index (Phi) is 4.53. The van der Waals surface area contributed by atoms with Gasteiger partial charge in [0.15, 0.2) is 0 Å². The summed E-state index contributed by atoms with van der Waals surface area (Å²) < 4.78 is 0. The average Bonchev–Trinajstić information content (AvgIpc) is 2.96. The molecule has 0 aromatic heterocycles. The number of nitrogens with zero attached hydrogens (tertiary/aromatic N) is 1. The molecule has 126 valence electrons. The zero-order valence-electron chi connectivity index (χ0n) is 13.8. The molecular weight excluding hydrogens is 304 g/mol. The van der Waals surface area contributed by atoms with Crippen LogP contribution in [0.3, 0.4) is 0 Å². The standard InChI is InChI=1S/C19H22N2O3/c1-19(18(23)24)10-12-21(13-19)11-9-17(22)20-16-8-4-6-14-5-2-3-7-15(14)16/h2-8H,9-13H2,1H3,(H,20,22)(H,23,24). The summed E-state index contributed by atoms with van der Waals surface area (Å²) in [5, 5.41) is 14.3. The average molecular weight is 326 g/mol. The molecule has 0 radical (unpaired) electrons. The molecule has 3 rings (SSSR count). The van der Waals surface area contributed by atoms with Crippen LogP contribution in [-0.4, -0.2) is 41.5 Å². The van der Waals surface area contributed by atoms with Gasteiger partial charge in [0.2, 0.25) is 5.91 Å². The van der Waals surface area contributed by atoms with Gasteiger partial charge in [-0.15, -0.1) is 0 Å². The lowest BCUT2D eigenvalue weighted by atomic mass is 9.90. The number of aliphatic carboxylic acids is 1. The molecule has 0 saturated carbocycles. The third-order valence-electron chi connectivity index (χ3n) is 4.79. The van der Waals surface area contributed by atoms with Crippen molar-refractivity contribution < 1.29 is 14.7 Å². The summed E-state index contributed by atoms with van der Waals surface area (Å²) in [4.78, 5) is 25.6. The third kappa shape index (κ3) is 3.41. The topological polar surface area (TPSA) is 69.6 Å². The van der Waals surface area contributed by atoms with Gasteiger partial charge in [0, 0.05) is 30.6 Å². The van der Waals surface area contributed by atoms with E-state index in [2.05, 4.69) is 10.2 Å². The van der Waals surface area contributed by atoms with Gasteiger partial charge in [-0.3, -0.25) is 9.59 Å². The van der Waals surface area contributed by atoms with Gasteiger partial charge in [0.05, 0.1) is 5.41 Å². The number of carbonyl (C=O) groups is 2. The fourth-order valence-corrected chi connectivity index (χ4v) is 3.23. The number of anilines is 1. The van der Waals surface area contributed by atoms with Crippen LogP contribution in [0.25, 0.3) is 10.8 Å². The van der Waals surface area contributed by atoms with E-state index in [1.54, 1.807) is 6.92 Å². The van der Waals surface area contributed by atoms with Crippen LogP contribution in [-0.2, 0) is 9.59 Å². The first-order valence-electron chi connectivity index (χ1n) is 8.21. The molecule has 1 saturated heterocycles. The largest absolute Gasteiger partial charge is 0.481 e. The van der Waals surface area contributed by atoms with Gasteiger partial charge in [-0.1, -0.05) is 36.4 Å². The molecule has 1 fully saturated rings. The van der Waals surface area contributed by atoms with Crippen LogP contribution >= 0.6 is 0 Å². The van der Waals surface area contributed by atoms with Crippen molar-refractivity contribution in [1.82, 2.24) is 4.90 Å². The molecule has 5 heteroatoms. The molecule has 0 aliphatic carbocycles. The normalized spacial score (nSPS) is 21.0. The predicted molar refractivity (Wildman–Crippen MR) is 94.0 cm³/mol. The van der Waals surface area contributed by atoms with Crippen LogP contribution in [0.4, 0.5) is 5.69 Å². The Labute approximate surface area is 141 Å². The number of rotatable bonds is 5. The van der Waals surface area contributed by atoms with Gasteiger partial charge in [-0.2, -0.15) is 0 Å². The van der Waals surface area contributed by atoms with Crippen molar-refractivity contribution in [2.24, 2.45) is 5.41 Å². The van der Waals surface area contributed by atoms with E-state index in [1.165, 1.54) is 0 Å². The number of likely N-dealkylation sites (tertiary alicyclic amines) is 1. The van der Waals surface area contributed by atoms with Crippen LogP contribution in [0.15, 0.2) is 42.5 Å². The molecule has 5 nitrogen and oxygen atoms in total. The van der Waals surface area contributed by atoms with E-state index in [-0.39, 0.29) is 5.91 Å². The molecule has 2 N–H and O–H groups in total. The fraction of sp³-hybridized carbons (Fsp3) is 0.368. The Hall–Kier alpha value is -2.40.